The van der Waals surface area contributed by atoms with E-state index in [1.165, 1.54) is 0 Å². The van der Waals surface area contributed by atoms with Crippen LogP contribution in [0.1, 0.15) is 36.0 Å². The fraction of sp³-hybridized carbons (Fsp3) is 0.238. The van der Waals surface area contributed by atoms with Crippen molar-refractivity contribution in [2.24, 2.45) is 0 Å². The number of benzene rings is 2. The van der Waals surface area contributed by atoms with Crippen LogP contribution in [0.2, 0.25) is 5.02 Å². The SMILES string of the molecule is CCOc1ccccc1C(=O)N1c2cc(Cl)ccc2-c2c(ssc2=S)C1(C)C. The summed E-state index contributed by atoms with van der Waals surface area (Å²) in [6.07, 6.45) is 0. The smallest absolute Gasteiger partial charge is 0.262 e. The summed E-state index contributed by atoms with van der Waals surface area (Å²) in [5.41, 5.74) is 2.73. The molecule has 0 aliphatic carbocycles. The van der Waals surface area contributed by atoms with Crippen molar-refractivity contribution >= 4 is 56.1 Å². The van der Waals surface area contributed by atoms with Crippen molar-refractivity contribution in [3.63, 3.8) is 0 Å². The summed E-state index contributed by atoms with van der Waals surface area (Å²) in [5, 5.41) is 0.582. The fourth-order valence-electron chi connectivity index (χ4n) is 3.61. The zero-order valence-electron chi connectivity index (χ0n) is 15.6. The quantitative estimate of drug-likeness (QED) is 0.315. The molecule has 0 radical (unpaired) electrons. The molecule has 3 aromatic rings. The maximum atomic E-state index is 13.8. The standard InChI is InChI=1S/C21H18ClNO2S3/c1-4-25-16-8-6-5-7-14(16)19(24)23-15-11-12(22)9-10-13(15)17-18(21(23,2)3)27-28-20(17)26/h5-11H,4H2,1-3H3. The van der Waals surface area contributed by atoms with Crippen molar-refractivity contribution in [3.05, 3.63) is 61.8 Å². The van der Waals surface area contributed by atoms with Gasteiger partial charge in [0.15, 0.2) is 0 Å². The molecule has 28 heavy (non-hydrogen) atoms. The van der Waals surface area contributed by atoms with Gasteiger partial charge in [-0.05, 0) is 45.0 Å². The van der Waals surface area contributed by atoms with E-state index in [1.807, 2.05) is 48.2 Å². The van der Waals surface area contributed by atoms with E-state index in [4.69, 9.17) is 28.6 Å². The van der Waals surface area contributed by atoms with Gasteiger partial charge in [0.05, 0.1) is 28.3 Å². The lowest BCUT2D eigenvalue weighted by Crippen LogP contribution is -2.47. The summed E-state index contributed by atoms with van der Waals surface area (Å²) < 4.78 is 6.56. The summed E-state index contributed by atoms with van der Waals surface area (Å²) in [6.45, 7) is 6.50. The van der Waals surface area contributed by atoms with Gasteiger partial charge in [0.1, 0.15) is 9.57 Å². The van der Waals surface area contributed by atoms with Crippen LogP contribution >= 0.6 is 44.5 Å². The van der Waals surface area contributed by atoms with Crippen LogP contribution in [0.25, 0.3) is 11.1 Å². The van der Waals surface area contributed by atoms with E-state index in [-0.39, 0.29) is 5.91 Å². The summed E-state index contributed by atoms with van der Waals surface area (Å²) in [5.74, 6) is 0.464. The molecule has 1 aromatic heterocycles. The Balaban J connectivity index is 1.96. The number of ether oxygens (including phenoxy) is 1. The first-order valence-electron chi connectivity index (χ1n) is 8.86. The minimum absolute atomic E-state index is 0.118. The largest absolute Gasteiger partial charge is 0.493 e. The third-order valence-corrected chi connectivity index (χ3v) is 8.40. The van der Waals surface area contributed by atoms with Gasteiger partial charge in [0, 0.05) is 16.1 Å². The number of carbonyl (C=O) groups is 1. The highest BCUT2D eigenvalue weighted by Gasteiger charge is 2.43. The molecule has 2 aromatic carbocycles. The number of amides is 1. The Hall–Kier alpha value is -1.73. The van der Waals surface area contributed by atoms with Crippen molar-refractivity contribution in [1.29, 1.82) is 0 Å². The molecule has 1 aliphatic rings. The Morgan fingerprint density at radius 2 is 1.96 bits per heavy atom. The van der Waals surface area contributed by atoms with Gasteiger partial charge in [-0.2, -0.15) is 0 Å². The first kappa shape index (κ1) is 19.6. The van der Waals surface area contributed by atoms with Crippen LogP contribution in [0.3, 0.4) is 0 Å². The van der Waals surface area contributed by atoms with Gasteiger partial charge in [-0.15, -0.1) is 0 Å². The Kier molecular flexibility index (Phi) is 5.08. The van der Waals surface area contributed by atoms with Gasteiger partial charge >= 0.3 is 0 Å². The lowest BCUT2D eigenvalue weighted by atomic mass is 9.87. The number of anilines is 1. The molecule has 3 nitrogen and oxygen atoms in total. The molecule has 0 saturated heterocycles. The summed E-state index contributed by atoms with van der Waals surface area (Å²) >= 11 is 11.9. The van der Waals surface area contributed by atoms with Crippen LogP contribution in [0.5, 0.6) is 5.75 Å². The second-order valence-electron chi connectivity index (χ2n) is 6.95. The molecule has 0 bridgehead atoms. The van der Waals surface area contributed by atoms with Gasteiger partial charge in [0.25, 0.3) is 5.91 Å². The zero-order valence-corrected chi connectivity index (χ0v) is 18.8. The van der Waals surface area contributed by atoms with Crippen LogP contribution in [0, 0.1) is 3.82 Å². The van der Waals surface area contributed by atoms with Crippen molar-refractivity contribution in [1.82, 2.24) is 0 Å². The monoisotopic (exact) mass is 447 g/mol. The molecule has 2 heterocycles. The molecule has 1 aliphatic heterocycles. The van der Waals surface area contributed by atoms with E-state index in [0.29, 0.717) is 22.9 Å². The van der Waals surface area contributed by atoms with Crippen LogP contribution < -0.4 is 9.64 Å². The second kappa shape index (κ2) is 7.26. The average molecular weight is 448 g/mol. The summed E-state index contributed by atoms with van der Waals surface area (Å²) in [4.78, 5) is 16.7. The zero-order chi connectivity index (χ0) is 20.1. The highest BCUT2D eigenvalue weighted by molar-refractivity contribution is 7.80. The third-order valence-electron chi connectivity index (χ3n) is 4.84. The predicted molar refractivity (Wildman–Crippen MR) is 121 cm³/mol. The average Bonchev–Trinajstić information content (AvgIpc) is 3.05. The maximum absolute atomic E-state index is 13.8. The van der Waals surface area contributed by atoms with Gasteiger partial charge in [0.2, 0.25) is 0 Å². The molecular formula is C21H18ClNO2S3. The van der Waals surface area contributed by atoms with E-state index >= 15 is 0 Å². The van der Waals surface area contributed by atoms with E-state index in [2.05, 4.69) is 13.8 Å². The van der Waals surface area contributed by atoms with Gasteiger partial charge in [-0.25, -0.2) is 0 Å². The molecule has 7 heteroatoms. The fourth-order valence-corrected chi connectivity index (χ4v) is 7.06. The third kappa shape index (κ3) is 2.99. The predicted octanol–water partition coefficient (Wildman–Crippen LogP) is 7.15. The lowest BCUT2D eigenvalue weighted by Gasteiger charge is -2.43. The number of rotatable bonds is 3. The number of carbonyl (C=O) groups excluding carboxylic acids is 1. The molecular weight excluding hydrogens is 430 g/mol. The van der Waals surface area contributed by atoms with Gasteiger partial charge < -0.3 is 4.74 Å². The highest BCUT2D eigenvalue weighted by Crippen LogP contribution is 2.53. The number of hydrogen-bond donors (Lipinski definition) is 0. The summed E-state index contributed by atoms with van der Waals surface area (Å²) in [7, 11) is 3.21. The van der Waals surface area contributed by atoms with E-state index in [0.717, 1.165) is 25.5 Å². The minimum Gasteiger partial charge on any atom is -0.493 e. The molecule has 0 fully saturated rings. The molecule has 1 amide bonds. The van der Waals surface area contributed by atoms with Gasteiger partial charge in [-0.3, -0.25) is 9.69 Å². The number of hydrogen-bond acceptors (Lipinski definition) is 5. The Bertz CT molecular complexity index is 1130. The Labute approximate surface area is 181 Å². The molecule has 4 rings (SSSR count). The number of fused-ring (bicyclic) bond motifs is 3. The lowest BCUT2D eigenvalue weighted by molar-refractivity contribution is 0.0958. The molecule has 0 atom stereocenters. The van der Waals surface area contributed by atoms with Crippen LogP contribution in [0.4, 0.5) is 5.69 Å². The normalized spacial score (nSPS) is 14.4. The van der Waals surface area contributed by atoms with E-state index in [1.54, 1.807) is 26.7 Å². The van der Waals surface area contributed by atoms with Crippen LogP contribution in [-0.4, -0.2) is 12.5 Å². The number of para-hydroxylation sites is 1. The van der Waals surface area contributed by atoms with E-state index < -0.39 is 5.54 Å². The highest BCUT2D eigenvalue weighted by atomic mass is 35.5. The molecule has 0 N–H and O–H groups in total. The number of nitrogens with zero attached hydrogens (tertiary/aromatic N) is 1. The first-order valence-corrected chi connectivity index (χ1v) is 11.8. The Morgan fingerprint density at radius 3 is 2.71 bits per heavy atom. The first-order chi connectivity index (χ1) is 13.4. The van der Waals surface area contributed by atoms with Crippen LogP contribution in [0.15, 0.2) is 42.5 Å². The maximum Gasteiger partial charge on any atom is 0.262 e. The van der Waals surface area contributed by atoms with E-state index in [9.17, 15) is 4.79 Å². The molecule has 0 saturated carbocycles. The van der Waals surface area contributed by atoms with Crippen molar-refractivity contribution in [2.75, 3.05) is 11.5 Å². The van der Waals surface area contributed by atoms with Gasteiger partial charge in [-0.1, -0.05) is 62.7 Å². The van der Waals surface area contributed by atoms with Crippen LogP contribution in [-0.2, 0) is 5.54 Å². The summed E-state index contributed by atoms with van der Waals surface area (Å²) in [6, 6.07) is 13.0. The molecule has 0 unspecified atom stereocenters. The number of halogens is 1. The molecule has 144 valence electrons. The Morgan fingerprint density at radius 1 is 1.21 bits per heavy atom. The van der Waals surface area contributed by atoms with Crippen molar-refractivity contribution in [3.8, 4) is 16.9 Å². The van der Waals surface area contributed by atoms with Crippen molar-refractivity contribution < 1.29 is 9.53 Å². The molecule has 0 spiro atoms. The minimum atomic E-state index is -0.568. The topological polar surface area (TPSA) is 29.5 Å². The second-order valence-corrected chi connectivity index (χ2v) is 10.2. The van der Waals surface area contributed by atoms with Crippen molar-refractivity contribution in [2.45, 2.75) is 26.3 Å².